The summed E-state index contributed by atoms with van der Waals surface area (Å²) in [6, 6.07) is -0.324. The van der Waals surface area contributed by atoms with Crippen LogP contribution in [0.3, 0.4) is 0 Å². The van der Waals surface area contributed by atoms with Gasteiger partial charge in [0, 0.05) is 37.3 Å². The second kappa shape index (κ2) is 21.0. The number of cyclic esters (lactones) is 1. The SMILES string of the molecule is CC[C@H]1OC(=O)[C@H](C)[C@@H](O[C@H]2C[C@@](C)(OC)[C@@H](O)[C@H](C)O2)[C@@H](C)[C@@H](O[C@@H]2O[C@H](C)C[C@H](N(C)C)[C@H]2O)[C@](C)(O)C[C@@H](C)C(=O)[C@H](C)[C@@H](O)[C@]1(C)O.N#CS.O. The van der Waals surface area contributed by atoms with E-state index in [0.29, 0.717) is 6.42 Å². The van der Waals surface area contributed by atoms with E-state index in [1.54, 1.807) is 41.5 Å². The minimum atomic E-state index is -1.99. The molecule has 3 saturated heterocycles. The number of ether oxygens (including phenoxy) is 6. The molecule has 0 aromatic rings. The van der Waals surface area contributed by atoms with Crippen LogP contribution in [0.25, 0.3) is 0 Å². The van der Waals surface area contributed by atoms with Gasteiger partial charge in [-0.05, 0) is 74.9 Å². The molecule has 3 heterocycles. The van der Waals surface area contributed by atoms with E-state index in [1.165, 1.54) is 33.3 Å². The van der Waals surface area contributed by atoms with Crippen LogP contribution in [-0.4, -0.2) is 153 Å². The summed E-state index contributed by atoms with van der Waals surface area (Å²) in [7, 11) is 5.18. The molecule has 0 spiro atoms. The van der Waals surface area contributed by atoms with Crippen molar-refractivity contribution in [2.45, 2.75) is 179 Å². The number of aliphatic hydroxyl groups excluding tert-OH is 3. The van der Waals surface area contributed by atoms with E-state index in [-0.39, 0.29) is 36.9 Å². The Morgan fingerprint density at radius 2 is 1.51 bits per heavy atom. The number of aliphatic hydroxyl groups is 5. The zero-order valence-corrected chi connectivity index (χ0v) is 35.7. The average Bonchev–Trinajstić information content (AvgIpc) is 3.09. The van der Waals surface area contributed by atoms with E-state index < -0.39 is 108 Å². The van der Waals surface area contributed by atoms with Gasteiger partial charge in [0.05, 0.1) is 47.6 Å². The molecule has 0 unspecified atom stereocenters. The van der Waals surface area contributed by atoms with Crippen molar-refractivity contribution in [2.75, 3.05) is 21.2 Å². The van der Waals surface area contributed by atoms with Gasteiger partial charge in [0.1, 0.15) is 35.1 Å². The van der Waals surface area contributed by atoms with E-state index in [9.17, 15) is 35.1 Å². The lowest BCUT2D eigenvalue weighted by molar-refractivity contribution is -0.318. The van der Waals surface area contributed by atoms with E-state index >= 15 is 0 Å². The van der Waals surface area contributed by atoms with Crippen LogP contribution in [0.4, 0.5) is 0 Å². The molecule has 16 nitrogen and oxygen atoms in total. The van der Waals surface area contributed by atoms with Crippen LogP contribution in [0.5, 0.6) is 0 Å². The first-order valence-electron chi connectivity index (χ1n) is 18.9. The average molecular weight is 811 g/mol. The van der Waals surface area contributed by atoms with Crippen molar-refractivity contribution >= 4 is 24.4 Å². The molecule has 3 fully saturated rings. The Morgan fingerprint density at radius 3 is 2.02 bits per heavy atom. The fourth-order valence-electron chi connectivity index (χ4n) is 8.41. The molecule has 0 bridgehead atoms. The molecule has 3 aliphatic rings. The largest absolute Gasteiger partial charge is 0.459 e. The molecule has 322 valence electrons. The van der Waals surface area contributed by atoms with Crippen molar-refractivity contribution in [1.82, 2.24) is 4.90 Å². The minimum Gasteiger partial charge on any atom is -0.459 e. The van der Waals surface area contributed by atoms with Crippen LogP contribution in [0.15, 0.2) is 0 Å². The van der Waals surface area contributed by atoms with Crippen LogP contribution in [-0.2, 0) is 38.0 Å². The molecule has 0 amide bonds. The van der Waals surface area contributed by atoms with Crippen molar-refractivity contribution in [1.29, 1.82) is 5.26 Å². The topological polar surface area (TPSA) is 249 Å². The number of methoxy groups -OCH3 is 1. The van der Waals surface area contributed by atoms with Crippen LogP contribution in [0, 0.1) is 34.3 Å². The number of esters is 1. The maximum absolute atomic E-state index is 14.1. The van der Waals surface area contributed by atoms with Gasteiger partial charge < -0.3 is 64.3 Å². The number of Topliss-reactive ketones (excluding diaryl/α,β-unsaturated/α-hetero) is 1. The third-order valence-corrected chi connectivity index (χ3v) is 11.8. The fraction of sp³-hybridized carbons (Fsp3) is 0.921. The van der Waals surface area contributed by atoms with Gasteiger partial charge in [-0.2, -0.15) is 5.26 Å². The summed E-state index contributed by atoms with van der Waals surface area (Å²) in [4.78, 5) is 29.8. The van der Waals surface area contributed by atoms with E-state index in [4.69, 9.17) is 33.7 Å². The van der Waals surface area contributed by atoms with Crippen molar-refractivity contribution in [2.24, 2.45) is 23.7 Å². The monoisotopic (exact) mass is 810 g/mol. The molecule has 18 atom stereocenters. The summed E-state index contributed by atoms with van der Waals surface area (Å²) in [5.74, 6) is -4.98. The molecule has 0 radical (unpaired) electrons. The number of thiocyanates is 1. The van der Waals surface area contributed by atoms with Gasteiger partial charge >= 0.3 is 5.97 Å². The molecule has 0 aliphatic carbocycles. The zero-order valence-electron chi connectivity index (χ0n) is 34.8. The lowest BCUT2D eigenvalue weighted by Gasteiger charge is -2.49. The first kappa shape index (κ1) is 51.5. The first-order chi connectivity index (χ1) is 24.8. The van der Waals surface area contributed by atoms with Gasteiger partial charge in [-0.25, -0.2) is 0 Å². The maximum atomic E-state index is 14.1. The quantitative estimate of drug-likeness (QED) is 0.121. The summed E-state index contributed by atoms with van der Waals surface area (Å²) in [6.45, 7) is 16.3. The van der Waals surface area contributed by atoms with Gasteiger partial charge in [0.2, 0.25) is 0 Å². The van der Waals surface area contributed by atoms with Gasteiger partial charge in [0.25, 0.3) is 0 Å². The Kier molecular flexibility index (Phi) is 19.6. The van der Waals surface area contributed by atoms with Crippen molar-refractivity contribution in [3.63, 3.8) is 0 Å². The number of nitriles is 1. The van der Waals surface area contributed by atoms with Crippen LogP contribution in [0.2, 0.25) is 0 Å². The highest BCUT2D eigenvalue weighted by Crippen LogP contribution is 2.40. The Morgan fingerprint density at radius 1 is 0.945 bits per heavy atom. The van der Waals surface area contributed by atoms with Crippen LogP contribution >= 0.6 is 12.6 Å². The summed E-state index contributed by atoms with van der Waals surface area (Å²) in [5.41, 5.74) is -4.84. The normalized spacial score (nSPS) is 46.3. The summed E-state index contributed by atoms with van der Waals surface area (Å²) < 4.78 is 37.1. The second-order valence-corrected chi connectivity index (χ2v) is 16.8. The number of hydrogen-bond donors (Lipinski definition) is 6. The zero-order chi connectivity index (χ0) is 41.7. The Hall–Kier alpha value is -1.50. The number of hydrogen-bond acceptors (Lipinski definition) is 16. The highest BCUT2D eigenvalue weighted by molar-refractivity contribution is 7.85. The lowest BCUT2D eigenvalue weighted by Crippen LogP contribution is -2.61. The molecule has 3 aliphatic heterocycles. The third kappa shape index (κ3) is 12.0. The van der Waals surface area contributed by atoms with E-state index in [2.05, 4.69) is 12.6 Å². The summed E-state index contributed by atoms with van der Waals surface area (Å²) in [5, 5.41) is 66.2. The molecule has 0 aromatic carbocycles. The minimum absolute atomic E-state index is 0. The number of ketones is 1. The molecule has 0 aromatic heterocycles. The molecule has 7 N–H and O–H groups in total. The van der Waals surface area contributed by atoms with Gasteiger partial charge in [0.15, 0.2) is 12.6 Å². The van der Waals surface area contributed by atoms with Gasteiger partial charge in [-0.15, -0.1) is 0 Å². The predicted molar refractivity (Wildman–Crippen MR) is 204 cm³/mol. The van der Waals surface area contributed by atoms with Crippen LogP contribution < -0.4 is 0 Å². The smallest absolute Gasteiger partial charge is 0.311 e. The highest BCUT2D eigenvalue weighted by atomic mass is 32.1. The molecule has 3 rings (SSSR count). The van der Waals surface area contributed by atoms with Gasteiger partial charge in [-0.1, -0.05) is 40.3 Å². The number of carbonyl (C=O) groups is 2. The number of rotatable bonds is 7. The molecular weight excluding hydrogens is 740 g/mol. The van der Waals surface area contributed by atoms with Crippen molar-refractivity contribution in [3.05, 3.63) is 0 Å². The van der Waals surface area contributed by atoms with E-state index in [1.807, 2.05) is 25.9 Å². The molecule has 17 heteroatoms. The number of carbonyl (C=O) groups excluding carboxylic acids is 2. The van der Waals surface area contributed by atoms with Crippen LogP contribution in [0.1, 0.15) is 94.9 Å². The first-order valence-corrected chi connectivity index (χ1v) is 19.4. The van der Waals surface area contributed by atoms with E-state index in [0.717, 1.165) is 0 Å². The molecule has 55 heavy (non-hydrogen) atoms. The van der Waals surface area contributed by atoms with Crippen molar-refractivity contribution in [3.8, 4) is 5.40 Å². The highest BCUT2D eigenvalue weighted by Gasteiger charge is 2.53. The maximum Gasteiger partial charge on any atom is 0.311 e. The third-order valence-electron chi connectivity index (χ3n) is 11.8. The lowest BCUT2D eigenvalue weighted by atomic mass is 9.74. The van der Waals surface area contributed by atoms with Crippen molar-refractivity contribution < 1.29 is 69.0 Å². The molecular formula is C38H70N2O14S. The molecule has 0 saturated carbocycles. The summed E-state index contributed by atoms with van der Waals surface area (Å²) >= 11 is 3.09. The second-order valence-electron chi connectivity index (χ2n) is 16.6. The van der Waals surface area contributed by atoms with Gasteiger partial charge in [-0.3, -0.25) is 9.59 Å². The Balaban J connectivity index is 0.00000365. The number of thiol groups is 1. The Bertz CT molecular complexity index is 1270. The standard InChI is InChI=1S/C37H67NO13.CHNS.H2O/c1-14-25-37(10,45)30(41)20(4)27(39)18(2)16-35(8,44)32(51-34-28(40)24(38(11)12)15-19(3)47-34)21(5)29(22(6)33(43)49-25)50-26-17-36(9,46-13)31(42)23(7)48-26;2-1-3;/h18-26,28-32,34,40-42,44-45H,14-17H2,1-13H3;3H;1H2/t18-,19-,20+,21-,22-,23+,24+,25-,26+,28-,29+,30-,31+,32-,34+,35-,36-,37-;;/m1../s1. The summed E-state index contributed by atoms with van der Waals surface area (Å²) in [6.07, 6.45) is -9.71. The fourth-order valence-corrected chi connectivity index (χ4v) is 8.41. The number of likely N-dealkylation sites (N-methyl/N-ethyl adjacent to an activating group) is 1. The Labute approximate surface area is 332 Å². The number of nitrogens with zero attached hydrogens (tertiary/aromatic N) is 2. The predicted octanol–water partition coefficient (Wildman–Crippen LogP) is 1.36.